The van der Waals surface area contributed by atoms with Crippen LogP contribution in [0.3, 0.4) is 0 Å². The molecule has 1 aliphatic heterocycles. The first-order valence-corrected chi connectivity index (χ1v) is 2.73. The Kier molecular flexibility index (Phi) is 2.02. The van der Waals surface area contributed by atoms with Gasteiger partial charge in [-0.3, -0.25) is 4.79 Å². The van der Waals surface area contributed by atoms with E-state index in [0.717, 1.165) is 0 Å². The van der Waals surface area contributed by atoms with E-state index in [2.05, 4.69) is 10.1 Å². The highest BCUT2D eigenvalue weighted by molar-refractivity contribution is 5.82. The van der Waals surface area contributed by atoms with E-state index in [9.17, 15) is 4.79 Å². The van der Waals surface area contributed by atoms with Crippen molar-refractivity contribution in [3.8, 4) is 0 Å². The van der Waals surface area contributed by atoms with E-state index in [4.69, 9.17) is 4.74 Å². The number of ether oxygens (including phenoxy) is 2. The number of rotatable bonds is 3. The van der Waals surface area contributed by atoms with Crippen molar-refractivity contribution >= 4 is 5.91 Å². The fourth-order valence-electron chi connectivity index (χ4n) is 0.457. The highest BCUT2D eigenvalue weighted by Crippen LogP contribution is 2.07. The molecule has 1 rings (SSSR count). The maximum Gasteiger partial charge on any atom is 0.253 e. The Bertz CT molecular complexity index is 111. The third-order valence-corrected chi connectivity index (χ3v) is 1.02. The maximum atomic E-state index is 10.6. The second-order valence-electron chi connectivity index (χ2n) is 1.80. The lowest BCUT2D eigenvalue weighted by molar-refractivity contribution is -0.123. The van der Waals surface area contributed by atoms with Gasteiger partial charge in [-0.2, -0.15) is 0 Å². The summed E-state index contributed by atoms with van der Waals surface area (Å²) in [5.74, 6) is -0.0862. The molecular formula is C5H9NO3. The summed E-state index contributed by atoms with van der Waals surface area (Å²) in [4.78, 5) is 10.6. The van der Waals surface area contributed by atoms with Gasteiger partial charge in [0.25, 0.3) is 5.91 Å². The monoisotopic (exact) mass is 131 g/mol. The van der Waals surface area contributed by atoms with Gasteiger partial charge in [-0.15, -0.1) is 0 Å². The molecule has 1 aliphatic rings. The smallest absolute Gasteiger partial charge is 0.253 e. The van der Waals surface area contributed by atoms with Gasteiger partial charge in [0.05, 0.1) is 6.61 Å². The molecule has 4 heteroatoms. The molecule has 0 aromatic rings. The molecule has 9 heavy (non-hydrogen) atoms. The van der Waals surface area contributed by atoms with Gasteiger partial charge in [-0.25, -0.2) is 0 Å². The van der Waals surface area contributed by atoms with E-state index in [1.807, 2.05) is 0 Å². The lowest BCUT2D eigenvalue weighted by Gasteiger charge is -1.98. The van der Waals surface area contributed by atoms with Crippen molar-refractivity contribution in [3.05, 3.63) is 0 Å². The van der Waals surface area contributed by atoms with E-state index in [-0.39, 0.29) is 18.7 Å². The van der Waals surface area contributed by atoms with Gasteiger partial charge in [0.15, 0.2) is 6.10 Å². The molecule has 0 saturated carbocycles. The Morgan fingerprint density at radius 2 is 2.67 bits per heavy atom. The third-order valence-electron chi connectivity index (χ3n) is 1.02. The molecule has 0 aromatic heterocycles. The summed E-state index contributed by atoms with van der Waals surface area (Å²) in [6.07, 6.45) is -0.208. The predicted molar refractivity (Wildman–Crippen MR) is 29.8 cm³/mol. The number of carbonyl (C=O) groups is 1. The highest BCUT2D eigenvalue weighted by atomic mass is 16.6. The van der Waals surface area contributed by atoms with Gasteiger partial charge in [0.1, 0.15) is 6.73 Å². The molecule has 1 atom stereocenters. The standard InChI is InChI=1S/C5H9NO3/c1-8-3-6-5(7)4-2-9-4/h4H,2-3H2,1H3,(H,6,7). The summed E-state index contributed by atoms with van der Waals surface area (Å²) in [6, 6.07) is 0. The fourth-order valence-corrected chi connectivity index (χ4v) is 0.457. The number of hydrogen-bond donors (Lipinski definition) is 1. The van der Waals surface area contributed by atoms with Gasteiger partial charge in [0.2, 0.25) is 0 Å². The molecule has 0 spiro atoms. The van der Waals surface area contributed by atoms with Crippen LogP contribution in [0, 0.1) is 0 Å². The zero-order valence-electron chi connectivity index (χ0n) is 5.22. The Hall–Kier alpha value is -0.610. The van der Waals surface area contributed by atoms with E-state index in [1.165, 1.54) is 7.11 Å². The zero-order valence-corrected chi connectivity index (χ0v) is 5.22. The largest absolute Gasteiger partial charge is 0.364 e. The molecular weight excluding hydrogens is 122 g/mol. The van der Waals surface area contributed by atoms with Gasteiger partial charge in [-0.05, 0) is 0 Å². The molecule has 4 nitrogen and oxygen atoms in total. The van der Waals surface area contributed by atoms with Crippen LogP contribution in [0.5, 0.6) is 0 Å². The number of nitrogens with one attached hydrogen (secondary N) is 1. The van der Waals surface area contributed by atoms with Crippen molar-refractivity contribution in [1.82, 2.24) is 5.32 Å². The molecule has 0 aliphatic carbocycles. The van der Waals surface area contributed by atoms with E-state index in [0.29, 0.717) is 6.61 Å². The Morgan fingerprint density at radius 1 is 2.00 bits per heavy atom. The van der Waals surface area contributed by atoms with Crippen LogP contribution < -0.4 is 5.32 Å². The summed E-state index contributed by atoms with van der Waals surface area (Å²) in [5, 5.41) is 2.51. The Morgan fingerprint density at radius 3 is 3.11 bits per heavy atom. The third kappa shape index (κ3) is 1.99. The van der Waals surface area contributed by atoms with Crippen molar-refractivity contribution in [2.75, 3.05) is 20.4 Å². The molecule has 0 aromatic carbocycles. The summed E-state index contributed by atoms with van der Waals surface area (Å²) in [5.41, 5.74) is 0. The lowest BCUT2D eigenvalue weighted by atomic mass is 10.5. The van der Waals surface area contributed by atoms with Gasteiger partial charge in [-0.1, -0.05) is 0 Å². The van der Waals surface area contributed by atoms with Crippen LogP contribution in [0.2, 0.25) is 0 Å². The fraction of sp³-hybridized carbons (Fsp3) is 0.800. The molecule has 1 heterocycles. The molecule has 1 N–H and O–H groups in total. The first kappa shape index (κ1) is 6.51. The summed E-state index contributed by atoms with van der Waals surface area (Å²) >= 11 is 0. The Labute approximate surface area is 53.1 Å². The minimum Gasteiger partial charge on any atom is -0.364 e. The van der Waals surface area contributed by atoms with Crippen molar-refractivity contribution in [3.63, 3.8) is 0 Å². The van der Waals surface area contributed by atoms with Crippen molar-refractivity contribution < 1.29 is 14.3 Å². The molecule has 1 fully saturated rings. The number of epoxide rings is 1. The molecule has 1 saturated heterocycles. The normalized spacial score (nSPS) is 23.4. The first-order valence-electron chi connectivity index (χ1n) is 2.73. The molecule has 1 amide bonds. The second-order valence-corrected chi connectivity index (χ2v) is 1.80. The van der Waals surface area contributed by atoms with Crippen LogP contribution in [0.1, 0.15) is 0 Å². The summed E-state index contributed by atoms with van der Waals surface area (Å²) < 4.78 is 9.30. The second kappa shape index (κ2) is 2.80. The molecule has 52 valence electrons. The van der Waals surface area contributed by atoms with Crippen LogP contribution >= 0.6 is 0 Å². The van der Waals surface area contributed by atoms with Crippen LogP contribution in [0.4, 0.5) is 0 Å². The predicted octanol–water partition coefficient (Wildman–Crippen LogP) is -0.895. The average Bonchev–Trinajstić information content (AvgIpc) is 2.63. The Balaban J connectivity index is 2.03. The summed E-state index contributed by atoms with van der Waals surface area (Å²) in [6.45, 7) is 0.814. The maximum absolute atomic E-state index is 10.6. The minimum absolute atomic E-state index is 0.0862. The number of methoxy groups -OCH3 is 1. The first-order chi connectivity index (χ1) is 4.34. The van der Waals surface area contributed by atoms with E-state index in [1.54, 1.807) is 0 Å². The van der Waals surface area contributed by atoms with Crippen molar-refractivity contribution in [1.29, 1.82) is 0 Å². The van der Waals surface area contributed by atoms with Crippen LogP contribution in [0.15, 0.2) is 0 Å². The van der Waals surface area contributed by atoms with Crippen molar-refractivity contribution in [2.45, 2.75) is 6.10 Å². The molecule has 0 radical (unpaired) electrons. The van der Waals surface area contributed by atoms with Gasteiger partial charge in [0, 0.05) is 7.11 Å². The van der Waals surface area contributed by atoms with Crippen LogP contribution in [-0.4, -0.2) is 32.5 Å². The number of carbonyl (C=O) groups excluding carboxylic acids is 1. The SMILES string of the molecule is COCNC(=O)C1CO1. The molecule has 0 bridgehead atoms. The molecule has 1 unspecified atom stereocenters. The lowest BCUT2D eigenvalue weighted by Crippen LogP contribution is -2.29. The average molecular weight is 131 g/mol. The zero-order chi connectivity index (χ0) is 6.69. The highest BCUT2D eigenvalue weighted by Gasteiger charge is 2.30. The van der Waals surface area contributed by atoms with E-state index >= 15 is 0 Å². The minimum atomic E-state index is -0.208. The van der Waals surface area contributed by atoms with Gasteiger partial charge >= 0.3 is 0 Å². The number of amides is 1. The summed E-state index contributed by atoms with van der Waals surface area (Å²) in [7, 11) is 1.52. The van der Waals surface area contributed by atoms with Crippen molar-refractivity contribution in [2.24, 2.45) is 0 Å². The topological polar surface area (TPSA) is 50.9 Å². The van der Waals surface area contributed by atoms with E-state index < -0.39 is 0 Å². The number of hydrogen-bond acceptors (Lipinski definition) is 3. The quantitative estimate of drug-likeness (QED) is 0.399. The van der Waals surface area contributed by atoms with Crippen LogP contribution in [0.25, 0.3) is 0 Å². The van der Waals surface area contributed by atoms with Crippen LogP contribution in [-0.2, 0) is 14.3 Å². The van der Waals surface area contributed by atoms with Gasteiger partial charge < -0.3 is 14.8 Å².